The van der Waals surface area contributed by atoms with E-state index in [-0.39, 0.29) is 0 Å². The van der Waals surface area contributed by atoms with E-state index in [2.05, 4.69) is 44.8 Å². The van der Waals surface area contributed by atoms with E-state index < -0.39 is 0 Å². The molecule has 0 bridgehead atoms. The lowest BCUT2D eigenvalue weighted by Crippen LogP contribution is -2.07. The van der Waals surface area contributed by atoms with E-state index in [4.69, 9.17) is 4.74 Å². The van der Waals surface area contributed by atoms with Gasteiger partial charge in [-0.3, -0.25) is 0 Å². The number of nitrogens with one attached hydrogen (secondary N) is 1. The number of ether oxygens (including phenoxy) is 1. The SMILES string of the molecule is CCCNc1nc(CCCOC)ncc1I. The van der Waals surface area contributed by atoms with E-state index in [0.29, 0.717) is 0 Å². The zero-order valence-corrected chi connectivity index (χ0v) is 12.0. The van der Waals surface area contributed by atoms with Crippen molar-refractivity contribution >= 4 is 28.4 Å². The molecule has 0 atom stereocenters. The Morgan fingerprint density at radius 1 is 1.50 bits per heavy atom. The smallest absolute Gasteiger partial charge is 0.143 e. The predicted molar refractivity (Wildman–Crippen MR) is 73.7 cm³/mol. The Morgan fingerprint density at radius 3 is 3.00 bits per heavy atom. The second-order valence-corrected chi connectivity index (χ2v) is 4.67. The highest BCUT2D eigenvalue weighted by Crippen LogP contribution is 2.14. The van der Waals surface area contributed by atoms with Crippen molar-refractivity contribution in [2.75, 3.05) is 25.6 Å². The van der Waals surface area contributed by atoms with Gasteiger partial charge in [0.25, 0.3) is 0 Å². The normalized spacial score (nSPS) is 10.4. The van der Waals surface area contributed by atoms with Crippen molar-refractivity contribution in [3.8, 4) is 0 Å². The summed E-state index contributed by atoms with van der Waals surface area (Å²) in [5.41, 5.74) is 0. The molecule has 0 aliphatic rings. The third kappa shape index (κ3) is 4.61. The first-order valence-electron chi connectivity index (χ1n) is 5.52. The molecule has 1 N–H and O–H groups in total. The minimum atomic E-state index is 0.757. The molecule has 0 radical (unpaired) electrons. The minimum Gasteiger partial charge on any atom is -0.385 e. The van der Waals surface area contributed by atoms with Gasteiger partial charge >= 0.3 is 0 Å². The number of rotatable bonds is 7. The number of halogens is 1. The summed E-state index contributed by atoms with van der Waals surface area (Å²) in [4.78, 5) is 8.80. The van der Waals surface area contributed by atoms with Crippen molar-refractivity contribution in [2.45, 2.75) is 26.2 Å². The number of hydrogen-bond acceptors (Lipinski definition) is 4. The maximum absolute atomic E-state index is 5.01. The molecule has 0 unspecified atom stereocenters. The molecule has 0 spiro atoms. The third-order valence-corrected chi connectivity index (χ3v) is 2.87. The van der Waals surface area contributed by atoms with Crippen LogP contribution in [0.3, 0.4) is 0 Å². The van der Waals surface area contributed by atoms with Crippen LogP contribution >= 0.6 is 22.6 Å². The van der Waals surface area contributed by atoms with E-state index >= 15 is 0 Å². The van der Waals surface area contributed by atoms with Crippen LogP contribution < -0.4 is 5.32 Å². The summed E-state index contributed by atoms with van der Waals surface area (Å²) in [5, 5.41) is 3.30. The fraction of sp³-hybridized carbons (Fsp3) is 0.636. The Hall–Kier alpha value is -0.430. The van der Waals surface area contributed by atoms with Crippen LogP contribution in [0.2, 0.25) is 0 Å². The van der Waals surface area contributed by atoms with Gasteiger partial charge in [-0.25, -0.2) is 9.97 Å². The standard InChI is InChI=1S/C11H18IN3O/c1-3-6-13-11-9(12)8-14-10(15-11)5-4-7-16-2/h8H,3-7H2,1-2H3,(H,13,14,15). The molecule has 0 saturated heterocycles. The van der Waals surface area contributed by atoms with Crippen molar-refractivity contribution in [3.63, 3.8) is 0 Å². The largest absolute Gasteiger partial charge is 0.385 e. The van der Waals surface area contributed by atoms with E-state index in [0.717, 1.165) is 47.6 Å². The van der Waals surface area contributed by atoms with Gasteiger partial charge in [-0.1, -0.05) is 6.92 Å². The van der Waals surface area contributed by atoms with Crippen molar-refractivity contribution in [2.24, 2.45) is 0 Å². The van der Waals surface area contributed by atoms with E-state index in [9.17, 15) is 0 Å². The first kappa shape index (κ1) is 13.6. The molecule has 4 nitrogen and oxygen atoms in total. The van der Waals surface area contributed by atoms with Gasteiger partial charge in [-0.15, -0.1) is 0 Å². The van der Waals surface area contributed by atoms with Crippen LogP contribution in [0.1, 0.15) is 25.6 Å². The fourth-order valence-electron chi connectivity index (χ4n) is 1.27. The lowest BCUT2D eigenvalue weighted by atomic mass is 10.3. The minimum absolute atomic E-state index is 0.757. The molecule has 1 heterocycles. The molecule has 0 aromatic carbocycles. The Labute approximate surface area is 110 Å². The topological polar surface area (TPSA) is 47.0 Å². The molecule has 90 valence electrons. The highest BCUT2D eigenvalue weighted by atomic mass is 127. The molecule has 1 rings (SSSR count). The molecule has 0 aliphatic heterocycles. The Balaban J connectivity index is 2.58. The highest BCUT2D eigenvalue weighted by Gasteiger charge is 2.04. The summed E-state index contributed by atoms with van der Waals surface area (Å²) in [7, 11) is 1.71. The number of methoxy groups -OCH3 is 1. The highest BCUT2D eigenvalue weighted by molar-refractivity contribution is 14.1. The molecule has 0 amide bonds. The summed E-state index contributed by atoms with van der Waals surface area (Å²) >= 11 is 2.25. The second-order valence-electron chi connectivity index (χ2n) is 3.51. The summed E-state index contributed by atoms with van der Waals surface area (Å²) in [6.07, 6.45) is 4.79. The van der Waals surface area contributed by atoms with Gasteiger partial charge in [0, 0.05) is 32.9 Å². The van der Waals surface area contributed by atoms with Gasteiger partial charge in [0.05, 0.1) is 3.57 Å². The number of aryl methyl sites for hydroxylation is 1. The van der Waals surface area contributed by atoms with Crippen LogP contribution in [0.15, 0.2) is 6.20 Å². The first-order valence-corrected chi connectivity index (χ1v) is 6.60. The molecule has 0 saturated carbocycles. The predicted octanol–water partition coefficient (Wildman–Crippen LogP) is 2.48. The van der Waals surface area contributed by atoms with Crippen LogP contribution in [0.5, 0.6) is 0 Å². The lowest BCUT2D eigenvalue weighted by molar-refractivity contribution is 0.194. The van der Waals surface area contributed by atoms with Crippen LogP contribution in [0.4, 0.5) is 5.82 Å². The molecule has 0 fully saturated rings. The van der Waals surface area contributed by atoms with Gasteiger partial charge in [0.15, 0.2) is 0 Å². The number of nitrogens with zero attached hydrogens (tertiary/aromatic N) is 2. The maximum Gasteiger partial charge on any atom is 0.143 e. The van der Waals surface area contributed by atoms with Crippen molar-refractivity contribution < 1.29 is 4.74 Å². The summed E-state index contributed by atoms with van der Waals surface area (Å²) in [5.74, 6) is 1.83. The average molecular weight is 335 g/mol. The van der Waals surface area contributed by atoms with Gasteiger partial charge in [-0.2, -0.15) is 0 Å². The van der Waals surface area contributed by atoms with Gasteiger partial charge < -0.3 is 10.1 Å². The lowest BCUT2D eigenvalue weighted by Gasteiger charge is -2.07. The van der Waals surface area contributed by atoms with Gasteiger partial charge in [0.1, 0.15) is 11.6 Å². The molecular weight excluding hydrogens is 317 g/mol. The molecule has 1 aromatic rings. The van der Waals surface area contributed by atoms with Crippen LogP contribution in [0.25, 0.3) is 0 Å². The molecule has 0 aliphatic carbocycles. The number of aromatic nitrogens is 2. The second kappa shape index (κ2) is 7.78. The zero-order valence-electron chi connectivity index (χ0n) is 9.79. The Kier molecular flexibility index (Phi) is 6.63. The summed E-state index contributed by atoms with van der Waals surface area (Å²) < 4.78 is 6.08. The maximum atomic E-state index is 5.01. The fourth-order valence-corrected chi connectivity index (χ4v) is 1.72. The quantitative estimate of drug-likeness (QED) is 0.614. The molecule has 1 aromatic heterocycles. The van der Waals surface area contributed by atoms with Crippen LogP contribution in [-0.2, 0) is 11.2 Å². The summed E-state index contributed by atoms with van der Waals surface area (Å²) in [6.45, 7) is 3.85. The Morgan fingerprint density at radius 2 is 2.31 bits per heavy atom. The van der Waals surface area contributed by atoms with E-state index in [1.165, 1.54) is 0 Å². The third-order valence-electron chi connectivity index (χ3n) is 2.09. The first-order chi connectivity index (χ1) is 7.77. The number of hydrogen-bond donors (Lipinski definition) is 1. The van der Waals surface area contributed by atoms with Gasteiger partial charge in [-0.05, 0) is 35.4 Å². The number of anilines is 1. The van der Waals surface area contributed by atoms with E-state index in [1.54, 1.807) is 7.11 Å². The molecule has 5 heteroatoms. The van der Waals surface area contributed by atoms with Crippen LogP contribution in [-0.4, -0.2) is 30.2 Å². The van der Waals surface area contributed by atoms with E-state index in [1.807, 2.05) is 6.20 Å². The monoisotopic (exact) mass is 335 g/mol. The van der Waals surface area contributed by atoms with Crippen molar-refractivity contribution in [1.29, 1.82) is 0 Å². The Bertz CT molecular complexity index is 320. The van der Waals surface area contributed by atoms with Crippen molar-refractivity contribution in [1.82, 2.24) is 9.97 Å². The average Bonchev–Trinajstić information content (AvgIpc) is 2.30. The molecule has 16 heavy (non-hydrogen) atoms. The summed E-state index contributed by atoms with van der Waals surface area (Å²) in [6, 6.07) is 0. The van der Waals surface area contributed by atoms with Gasteiger partial charge in [0.2, 0.25) is 0 Å². The van der Waals surface area contributed by atoms with Crippen molar-refractivity contribution in [3.05, 3.63) is 15.6 Å². The van der Waals surface area contributed by atoms with Crippen LogP contribution in [0, 0.1) is 3.57 Å². The molecular formula is C11H18IN3O. The zero-order chi connectivity index (χ0) is 11.8.